The Hall–Kier alpha value is -3.93. The first-order chi connectivity index (χ1) is 17.4. The smallest absolute Gasteiger partial charge is 0.253 e. The lowest BCUT2D eigenvalue weighted by molar-refractivity contribution is -0.119. The third kappa shape index (κ3) is 7.80. The van der Waals surface area contributed by atoms with E-state index in [2.05, 4.69) is 10.6 Å². The lowest BCUT2D eigenvalue weighted by Crippen LogP contribution is -2.39. The van der Waals surface area contributed by atoms with Crippen LogP contribution in [0.1, 0.15) is 53.0 Å². The average molecular weight is 486 g/mol. The highest BCUT2D eigenvalue weighted by atomic mass is 16.2. The summed E-state index contributed by atoms with van der Waals surface area (Å²) in [5.41, 5.74) is 2.72. The number of carbonyl (C=O) groups excluding carboxylic acids is 3. The molecule has 0 aliphatic rings. The fraction of sp³-hybridized carbons (Fsp3) is 0.300. The second-order valence-corrected chi connectivity index (χ2v) is 9.16. The predicted octanol–water partition coefficient (Wildman–Crippen LogP) is 5.17. The van der Waals surface area contributed by atoms with Gasteiger partial charge in [0.15, 0.2) is 0 Å². The van der Waals surface area contributed by atoms with Gasteiger partial charge in [0.05, 0.1) is 0 Å². The van der Waals surface area contributed by atoms with Gasteiger partial charge in [-0.1, -0.05) is 68.4 Å². The molecule has 0 aromatic heterocycles. The minimum absolute atomic E-state index is 0.0972. The molecule has 3 aromatic rings. The number of hydrogen-bond acceptors (Lipinski definition) is 3. The highest BCUT2D eigenvalue weighted by Crippen LogP contribution is 2.16. The third-order valence-corrected chi connectivity index (χ3v) is 6.06. The Bertz CT molecular complexity index is 1150. The van der Waals surface area contributed by atoms with E-state index in [0.717, 1.165) is 17.7 Å². The van der Waals surface area contributed by atoms with E-state index in [1.54, 1.807) is 36.2 Å². The number of carbonyl (C=O) groups is 3. The van der Waals surface area contributed by atoms with E-state index in [0.29, 0.717) is 30.5 Å². The number of benzene rings is 3. The van der Waals surface area contributed by atoms with Gasteiger partial charge in [0.2, 0.25) is 5.91 Å². The normalized spacial score (nSPS) is 12.3. The highest BCUT2D eigenvalue weighted by Gasteiger charge is 2.22. The van der Waals surface area contributed by atoms with Crippen LogP contribution < -0.4 is 10.6 Å². The molecule has 3 rings (SSSR count). The minimum Gasteiger partial charge on any atom is -0.349 e. The molecular formula is C30H35N3O3. The number of anilines is 1. The standard InChI is InChI=1S/C30H35N3O3/c1-4-18-33(3)30(36)25-15-11-14-24(21-25)29(35)32-27(20-23-12-7-5-8-13-23)19-22(2)28(34)31-26-16-9-6-10-17-26/h5-17,21-22,27H,4,18-20H2,1-3H3,(H,31,34)(H,32,35)/t22?,27-/m1/s1. The maximum atomic E-state index is 13.2. The van der Waals surface area contributed by atoms with Crippen molar-refractivity contribution in [2.45, 2.75) is 39.2 Å². The average Bonchev–Trinajstić information content (AvgIpc) is 2.89. The van der Waals surface area contributed by atoms with Crippen molar-refractivity contribution in [3.63, 3.8) is 0 Å². The van der Waals surface area contributed by atoms with Crippen LogP contribution in [0.4, 0.5) is 5.69 Å². The molecule has 1 unspecified atom stereocenters. The number of nitrogens with one attached hydrogen (secondary N) is 2. The summed E-state index contributed by atoms with van der Waals surface area (Å²) in [6.07, 6.45) is 1.92. The quantitative estimate of drug-likeness (QED) is 0.393. The molecule has 0 aliphatic carbocycles. The lowest BCUT2D eigenvalue weighted by atomic mass is 9.95. The van der Waals surface area contributed by atoms with E-state index in [-0.39, 0.29) is 29.7 Å². The summed E-state index contributed by atoms with van der Waals surface area (Å²) in [6, 6.07) is 25.8. The summed E-state index contributed by atoms with van der Waals surface area (Å²) in [6.45, 7) is 4.53. The number of para-hydroxylation sites is 1. The van der Waals surface area contributed by atoms with E-state index in [1.165, 1.54) is 0 Å². The molecule has 6 nitrogen and oxygen atoms in total. The second-order valence-electron chi connectivity index (χ2n) is 9.16. The number of hydrogen-bond donors (Lipinski definition) is 2. The van der Waals surface area contributed by atoms with Crippen molar-refractivity contribution in [1.29, 1.82) is 0 Å². The molecule has 0 bridgehead atoms. The van der Waals surface area contributed by atoms with E-state index in [9.17, 15) is 14.4 Å². The number of amides is 3. The zero-order valence-electron chi connectivity index (χ0n) is 21.2. The van der Waals surface area contributed by atoms with E-state index >= 15 is 0 Å². The van der Waals surface area contributed by atoms with Gasteiger partial charge < -0.3 is 15.5 Å². The monoisotopic (exact) mass is 485 g/mol. The fourth-order valence-corrected chi connectivity index (χ4v) is 4.13. The minimum atomic E-state index is -0.324. The van der Waals surface area contributed by atoms with Gasteiger partial charge in [-0.15, -0.1) is 0 Å². The molecule has 2 N–H and O–H groups in total. The fourth-order valence-electron chi connectivity index (χ4n) is 4.13. The molecule has 3 aromatic carbocycles. The van der Waals surface area contributed by atoms with Gasteiger partial charge in [0.1, 0.15) is 0 Å². The van der Waals surface area contributed by atoms with Crippen LogP contribution in [-0.4, -0.2) is 42.3 Å². The molecule has 0 fully saturated rings. The van der Waals surface area contributed by atoms with Crippen molar-refractivity contribution in [2.24, 2.45) is 5.92 Å². The topological polar surface area (TPSA) is 78.5 Å². The van der Waals surface area contributed by atoms with E-state index < -0.39 is 0 Å². The van der Waals surface area contributed by atoms with Gasteiger partial charge in [-0.2, -0.15) is 0 Å². The zero-order chi connectivity index (χ0) is 25.9. The molecule has 0 spiro atoms. The molecule has 36 heavy (non-hydrogen) atoms. The highest BCUT2D eigenvalue weighted by molar-refractivity contribution is 5.99. The largest absolute Gasteiger partial charge is 0.349 e. The molecule has 6 heteroatoms. The summed E-state index contributed by atoms with van der Waals surface area (Å²) >= 11 is 0. The molecule has 3 amide bonds. The Morgan fingerprint density at radius 2 is 1.50 bits per heavy atom. The van der Waals surface area contributed by atoms with Gasteiger partial charge in [-0.05, 0) is 55.2 Å². The van der Waals surface area contributed by atoms with E-state index in [1.807, 2.05) is 74.5 Å². The SMILES string of the molecule is CCCN(C)C(=O)c1cccc(C(=O)N[C@@H](Cc2ccccc2)CC(C)C(=O)Nc2ccccc2)c1. The Morgan fingerprint density at radius 3 is 2.17 bits per heavy atom. The number of rotatable bonds is 11. The Morgan fingerprint density at radius 1 is 0.861 bits per heavy atom. The van der Waals surface area contributed by atoms with Crippen LogP contribution in [0, 0.1) is 5.92 Å². The molecule has 2 atom stereocenters. The molecule has 0 aliphatic heterocycles. The molecular weight excluding hydrogens is 450 g/mol. The van der Waals surface area contributed by atoms with Crippen LogP contribution in [0.3, 0.4) is 0 Å². The van der Waals surface area contributed by atoms with Crippen molar-refractivity contribution in [3.8, 4) is 0 Å². The second kappa shape index (κ2) is 13.2. The number of nitrogens with zero attached hydrogens (tertiary/aromatic N) is 1. The Kier molecular flexibility index (Phi) is 9.81. The van der Waals surface area contributed by atoms with Crippen LogP contribution in [-0.2, 0) is 11.2 Å². The van der Waals surface area contributed by atoms with Crippen LogP contribution in [0.15, 0.2) is 84.9 Å². The van der Waals surface area contributed by atoms with Crippen LogP contribution in [0.2, 0.25) is 0 Å². The van der Waals surface area contributed by atoms with Gasteiger partial charge in [0, 0.05) is 42.4 Å². The van der Waals surface area contributed by atoms with Crippen LogP contribution in [0.25, 0.3) is 0 Å². The Labute approximate surface area is 213 Å². The third-order valence-electron chi connectivity index (χ3n) is 6.06. The van der Waals surface area contributed by atoms with Crippen LogP contribution in [0.5, 0.6) is 0 Å². The molecule has 0 radical (unpaired) electrons. The summed E-state index contributed by atoms with van der Waals surface area (Å²) in [4.78, 5) is 40.4. The molecule has 0 saturated carbocycles. The van der Waals surface area contributed by atoms with Crippen molar-refractivity contribution < 1.29 is 14.4 Å². The Balaban J connectivity index is 1.73. The first-order valence-corrected chi connectivity index (χ1v) is 12.4. The van der Waals surface area contributed by atoms with Crippen molar-refractivity contribution in [2.75, 3.05) is 18.9 Å². The first kappa shape index (κ1) is 26.7. The maximum Gasteiger partial charge on any atom is 0.253 e. The van der Waals surface area contributed by atoms with Gasteiger partial charge in [-0.25, -0.2) is 0 Å². The molecule has 0 saturated heterocycles. The van der Waals surface area contributed by atoms with Crippen molar-refractivity contribution >= 4 is 23.4 Å². The predicted molar refractivity (Wildman–Crippen MR) is 144 cm³/mol. The van der Waals surface area contributed by atoms with Gasteiger partial charge >= 0.3 is 0 Å². The van der Waals surface area contributed by atoms with Crippen LogP contribution >= 0.6 is 0 Å². The summed E-state index contributed by atoms with van der Waals surface area (Å²) in [7, 11) is 1.76. The van der Waals surface area contributed by atoms with E-state index in [4.69, 9.17) is 0 Å². The lowest BCUT2D eigenvalue weighted by Gasteiger charge is -2.23. The first-order valence-electron chi connectivity index (χ1n) is 12.4. The van der Waals surface area contributed by atoms with Gasteiger partial charge in [0.25, 0.3) is 11.8 Å². The molecule has 0 heterocycles. The van der Waals surface area contributed by atoms with Gasteiger partial charge in [-0.3, -0.25) is 14.4 Å². The van der Waals surface area contributed by atoms with Crippen molar-refractivity contribution in [3.05, 3.63) is 102 Å². The summed E-state index contributed by atoms with van der Waals surface area (Å²) < 4.78 is 0. The zero-order valence-corrected chi connectivity index (χ0v) is 21.2. The summed E-state index contributed by atoms with van der Waals surface area (Å²) in [5.74, 6) is -0.798. The maximum absolute atomic E-state index is 13.2. The molecule has 188 valence electrons. The van der Waals surface area contributed by atoms with Crippen molar-refractivity contribution in [1.82, 2.24) is 10.2 Å². The summed E-state index contributed by atoms with van der Waals surface area (Å²) in [5, 5.41) is 6.05.